The van der Waals surface area contributed by atoms with Crippen molar-refractivity contribution in [2.45, 2.75) is 12.8 Å². The molecule has 0 aliphatic carbocycles. The summed E-state index contributed by atoms with van der Waals surface area (Å²) in [6.45, 7) is 1.39. The molecule has 2 nitrogen and oxygen atoms in total. The summed E-state index contributed by atoms with van der Waals surface area (Å²) in [5.41, 5.74) is 2.41. The second-order valence-corrected chi connectivity index (χ2v) is 3.84. The predicted octanol–water partition coefficient (Wildman–Crippen LogP) is 3.15. The summed E-state index contributed by atoms with van der Waals surface area (Å²) in [4.78, 5) is 0. The average Bonchev–Trinajstić information content (AvgIpc) is 2.43. The van der Waals surface area contributed by atoms with Gasteiger partial charge in [-0.15, -0.1) is 0 Å². The molecule has 0 saturated heterocycles. The Balaban J connectivity index is 2.71. The number of rotatable bonds is 6. The maximum Gasteiger partial charge on any atom is 0.0571 e. The first-order chi connectivity index (χ1) is 8.88. The third-order valence-corrected chi connectivity index (χ3v) is 2.50. The van der Waals surface area contributed by atoms with Gasteiger partial charge in [-0.3, -0.25) is 0 Å². The largest absolute Gasteiger partial charge is 0.384 e. The first kappa shape index (κ1) is 14.5. The Morgan fingerprint density at radius 3 is 2.50 bits per heavy atom. The van der Waals surface area contributed by atoms with E-state index in [0.29, 0.717) is 13.2 Å². The van der Waals surface area contributed by atoms with Crippen molar-refractivity contribution in [2.75, 3.05) is 27.4 Å². The summed E-state index contributed by atoms with van der Waals surface area (Å²) in [6, 6.07) is 10.3. The molecular weight excluding hydrogens is 224 g/mol. The van der Waals surface area contributed by atoms with E-state index in [9.17, 15) is 0 Å². The van der Waals surface area contributed by atoms with Crippen LogP contribution in [0.25, 0.3) is 5.57 Å². The molecule has 0 fully saturated rings. The van der Waals surface area contributed by atoms with Crippen LogP contribution in [0.4, 0.5) is 0 Å². The molecule has 0 radical (unpaired) electrons. The van der Waals surface area contributed by atoms with Crippen LogP contribution in [0.2, 0.25) is 0 Å². The van der Waals surface area contributed by atoms with Crippen molar-refractivity contribution in [3.63, 3.8) is 0 Å². The fourth-order valence-corrected chi connectivity index (χ4v) is 1.53. The van der Waals surface area contributed by atoms with Gasteiger partial charge in [0, 0.05) is 20.6 Å². The summed E-state index contributed by atoms with van der Waals surface area (Å²) in [6.07, 6.45) is 3.61. The van der Waals surface area contributed by atoms with Crippen molar-refractivity contribution in [1.82, 2.24) is 0 Å². The van der Waals surface area contributed by atoms with Crippen molar-refractivity contribution in [3.05, 3.63) is 42.0 Å². The molecule has 0 atom stereocenters. The minimum absolute atomic E-state index is 0.680. The lowest BCUT2D eigenvalue weighted by molar-refractivity contribution is 0.206. The molecule has 0 saturated carbocycles. The van der Waals surface area contributed by atoms with Gasteiger partial charge in [0.15, 0.2) is 0 Å². The standard InChI is InChI=1S/C16H20O2/c1-17-13-8-4-7-11-16(12-14-18-2)15-9-5-3-6-10-15/h3,5-6,9-11H,8,12-14H2,1-2H3/b16-11-. The van der Waals surface area contributed by atoms with Gasteiger partial charge in [0.25, 0.3) is 0 Å². The Bertz CT molecular complexity index is 410. The van der Waals surface area contributed by atoms with Gasteiger partial charge in [-0.2, -0.15) is 0 Å². The van der Waals surface area contributed by atoms with E-state index < -0.39 is 0 Å². The van der Waals surface area contributed by atoms with E-state index in [1.54, 1.807) is 14.2 Å². The monoisotopic (exact) mass is 244 g/mol. The Labute approximate surface area is 110 Å². The third-order valence-electron chi connectivity index (χ3n) is 2.50. The molecule has 1 rings (SSSR count). The Hall–Kier alpha value is -1.56. The fourth-order valence-electron chi connectivity index (χ4n) is 1.53. The van der Waals surface area contributed by atoms with E-state index >= 15 is 0 Å². The van der Waals surface area contributed by atoms with Crippen LogP contribution in [0, 0.1) is 11.8 Å². The molecule has 0 aromatic heterocycles. The molecule has 0 N–H and O–H groups in total. The van der Waals surface area contributed by atoms with Crippen LogP contribution in [0.1, 0.15) is 18.4 Å². The minimum atomic E-state index is 0.680. The Morgan fingerprint density at radius 2 is 1.83 bits per heavy atom. The quantitative estimate of drug-likeness (QED) is 0.565. The summed E-state index contributed by atoms with van der Waals surface area (Å²) in [7, 11) is 3.40. The van der Waals surface area contributed by atoms with E-state index in [1.807, 2.05) is 24.3 Å². The van der Waals surface area contributed by atoms with E-state index in [2.05, 4.69) is 24.0 Å². The van der Waals surface area contributed by atoms with E-state index in [1.165, 1.54) is 11.1 Å². The normalized spacial score (nSPS) is 10.9. The fraction of sp³-hybridized carbons (Fsp3) is 0.375. The molecule has 0 heterocycles. The summed E-state index contributed by atoms with van der Waals surface area (Å²) < 4.78 is 10.1. The first-order valence-corrected chi connectivity index (χ1v) is 6.09. The molecule has 0 aliphatic heterocycles. The molecule has 0 bridgehead atoms. The molecular formula is C16H20O2. The van der Waals surface area contributed by atoms with Gasteiger partial charge in [0.1, 0.15) is 0 Å². The zero-order valence-corrected chi connectivity index (χ0v) is 11.1. The highest BCUT2D eigenvalue weighted by Crippen LogP contribution is 2.17. The Morgan fingerprint density at radius 1 is 1.11 bits per heavy atom. The van der Waals surface area contributed by atoms with Gasteiger partial charge < -0.3 is 9.47 Å². The van der Waals surface area contributed by atoms with Crippen LogP contribution in [0.3, 0.4) is 0 Å². The van der Waals surface area contributed by atoms with Crippen molar-refractivity contribution in [3.8, 4) is 11.8 Å². The topological polar surface area (TPSA) is 18.5 Å². The molecule has 2 heteroatoms. The van der Waals surface area contributed by atoms with Crippen molar-refractivity contribution >= 4 is 5.57 Å². The van der Waals surface area contributed by atoms with Crippen LogP contribution in [-0.2, 0) is 9.47 Å². The number of hydrogen-bond acceptors (Lipinski definition) is 2. The molecule has 1 aromatic carbocycles. The number of benzene rings is 1. The van der Waals surface area contributed by atoms with Gasteiger partial charge in [-0.05, 0) is 23.6 Å². The lowest BCUT2D eigenvalue weighted by atomic mass is 10.0. The smallest absolute Gasteiger partial charge is 0.0571 e. The van der Waals surface area contributed by atoms with Gasteiger partial charge in [-0.1, -0.05) is 42.2 Å². The average molecular weight is 244 g/mol. The Kier molecular flexibility index (Phi) is 7.63. The molecule has 0 spiro atoms. The van der Waals surface area contributed by atoms with E-state index in [4.69, 9.17) is 9.47 Å². The van der Waals surface area contributed by atoms with Gasteiger partial charge >= 0.3 is 0 Å². The number of methoxy groups -OCH3 is 2. The second-order valence-electron chi connectivity index (χ2n) is 3.84. The lowest BCUT2D eigenvalue weighted by Gasteiger charge is -2.05. The summed E-state index contributed by atoms with van der Waals surface area (Å²) in [5.74, 6) is 6.15. The van der Waals surface area contributed by atoms with Crippen molar-refractivity contribution in [2.24, 2.45) is 0 Å². The van der Waals surface area contributed by atoms with E-state index in [-0.39, 0.29) is 0 Å². The van der Waals surface area contributed by atoms with E-state index in [0.717, 1.165) is 12.8 Å². The number of hydrogen-bond donors (Lipinski definition) is 0. The van der Waals surface area contributed by atoms with Crippen LogP contribution < -0.4 is 0 Å². The van der Waals surface area contributed by atoms with Crippen LogP contribution in [0.5, 0.6) is 0 Å². The van der Waals surface area contributed by atoms with Crippen LogP contribution in [0.15, 0.2) is 36.4 Å². The van der Waals surface area contributed by atoms with Crippen LogP contribution >= 0.6 is 0 Å². The minimum Gasteiger partial charge on any atom is -0.384 e. The molecule has 18 heavy (non-hydrogen) atoms. The zero-order valence-electron chi connectivity index (χ0n) is 11.1. The highest BCUT2D eigenvalue weighted by atomic mass is 16.5. The maximum atomic E-state index is 5.13. The highest BCUT2D eigenvalue weighted by Gasteiger charge is 1.99. The molecule has 0 aliphatic rings. The maximum absolute atomic E-state index is 5.13. The highest BCUT2D eigenvalue weighted by molar-refractivity contribution is 5.68. The molecule has 0 amide bonds. The lowest BCUT2D eigenvalue weighted by Crippen LogP contribution is -1.92. The summed E-state index contributed by atoms with van der Waals surface area (Å²) >= 11 is 0. The number of ether oxygens (including phenoxy) is 2. The van der Waals surface area contributed by atoms with Crippen LogP contribution in [-0.4, -0.2) is 27.4 Å². The molecule has 96 valence electrons. The van der Waals surface area contributed by atoms with Crippen molar-refractivity contribution in [1.29, 1.82) is 0 Å². The summed E-state index contributed by atoms with van der Waals surface area (Å²) in [5, 5.41) is 0. The van der Waals surface area contributed by atoms with Crippen molar-refractivity contribution < 1.29 is 9.47 Å². The van der Waals surface area contributed by atoms with Gasteiger partial charge in [-0.25, -0.2) is 0 Å². The number of allylic oxidation sites excluding steroid dienone is 1. The SMILES string of the molecule is COCCC#C/C=C(/CCOC)c1ccccc1. The van der Waals surface area contributed by atoms with Gasteiger partial charge in [0.05, 0.1) is 13.2 Å². The zero-order chi connectivity index (χ0) is 13.1. The molecule has 1 aromatic rings. The first-order valence-electron chi connectivity index (χ1n) is 6.09. The van der Waals surface area contributed by atoms with Gasteiger partial charge in [0.2, 0.25) is 0 Å². The second kappa shape index (κ2) is 9.47. The predicted molar refractivity (Wildman–Crippen MR) is 75.2 cm³/mol. The molecule has 0 unspecified atom stereocenters. The third kappa shape index (κ3) is 5.67.